The molecule has 5 atom stereocenters. The third-order valence-electron chi connectivity index (χ3n) is 14.9. The van der Waals surface area contributed by atoms with Crippen LogP contribution in [-0.4, -0.2) is 142 Å². The van der Waals surface area contributed by atoms with Gasteiger partial charge in [-0.3, -0.25) is 39.3 Å². The van der Waals surface area contributed by atoms with Crippen molar-refractivity contribution in [3.8, 4) is 29.6 Å². The van der Waals surface area contributed by atoms with Crippen LogP contribution in [0.5, 0.6) is 6.01 Å². The third-order valence-corrected chi connectivity index (χ3v) is 14.9. The van der Waals surface area contributed by atoms with Crippen molar-refractivity contribution in [2.24, 2.45) is 0 Å². The van der Waals surface area contributed by atoms with Crippen LogP contribution in [-0.2, 0) is 14.3 Å². The SMILES string of the molecule is C#Cc1c(F)ccc2cccc(-c3ncc4c(N5CC6CCC(C5)N6)nc(OC[C@@]56CC[C@@H](COC(=O)N(C)CCNc7ccc8c(c7)C(=O)N(C7CCC(=O)NC7=O)C8=O)N5CC(=C)C6)nc4c3F)c12. The molecule has 19 heteroatoms. The molecule has 5 aromatic rings. The number of ether oxygens (including phenoxy) is 2. The van der Waals surface area contributed by atoms with Gasteiger partial charge in [-0.2, -0.15) is 9.97 Å². The summed E-state index contributed by atoms with van der Waals surface area (Å²) in [6.45, 7) is 7.07. The Bertz CT molecular complexity index is 3150. The molecule has 71 heavy (non-hydrogen) atoms. The molecule has 0 radical (unpaired) electrons. The van der Waals surface area contributed by atoms with Crippen LogP contribution in [0.1, 0.15) is 71.2 Å². The minimum absolute atomic E-state index is 0.00818. The van der Waals surface area contributed by atoms with Crippen molar-refractivity contribution in [2.75, 3.05) is 63.2 Å². The van der Waals surface area contributed by atoms with Gasteiger partial charge in [-0.25, -0.2) is 13.6 Å². The maximum absolute atomic E-state index is 17.2. The van der Waals surface area contributed by atoms with Gasteiger partial charge in [0.1, 0.15) is 42.1 Å². The molecule has 3 aromatic carbocycles. The van der Waals surface area contributed by atoms with Crippen LogP contribution < -0.4 is 25.6 Å². The number of hydrogen-bond acceptors (Lipinski definition) is 14. The van der Waals surface area contributed by atoms with Crippen LogP contribution in [0.3, 0.4) is 0 Å². The van der Waals surface area contributed by atoms with Gasteiger partial charge in [0.15, 0.2) is 5.82 Å². The number of nitrogens with one attached hydrogen (secondary N) is 3. The molecule has 3 unspecified atom stereocenters. The minimum atomic E-state index is -1.06. The first kappa shape index (κ1) is 45.9. The highest BCUT2D eigenvalue weighted by Crippen LogP contribution is 2.45. The lowest BCUT2D eigenvalue weighted by atomic mass is 9.94. The molecule has 3 N–H and O–H groups in total. The summed E-state index contributed by atoms with van der Waals surface area (Å²) >= 11 is 0. The lowest BCUT2D eigenvalue weighted by molar-refractivity contribution is -0.136. The summed E-state index contributed by atoms with van der Waals surface area (Å²) in [5, 5.41) is 10.5. The van der Waals surface area contributed by atoms with Gasteiger partial charge in [-0.05, 0) is 68.2 Å². The van der Waals surface area contributed by atoms with Crippen molar-refractivity contribution in [3.63, 3.8) is 0 Å². The van der Waals surface area contributed by atoms with Crippen molar-refractivity contribution in [3.05, 3.63) is 95.2 Å². The van der Waals surface area contributed by atoms with Gasteiger partial charge in [-0.1, -0.05) is 42.3 Å². The highest BCUT2D eigenvalue weighted by atomic mass is 19.1. The van der Waals surface area contributed by atoms with Crippen molar-refractivity contribution >= 4 is 62.9 Å². The van der Waals surface area contributed by atoms with E-state index in [4.69, 9.17) is 25.9 Å². The molecular weight excluding hydrogens is 915 g/mol. The standard InChI is InChI=1S/C52H50F2N10O7/c1-4-34-39(53)13-8-29-6-5-7-36(42(29)34)44-43(54)45-38(22-56-44)46(62-24-31-9-10-32(25-62)57-31)60-50(59-45)71-27-52-17-16-33(63(52)23-28(2)21-52)26-70-51(69)61(3)19-18-55-30-11-12-35-37(20-30)49(68)64(48(35)67)40-14-15-41(65)58-47(40)66/h1,5-8,11-13,20,22,31-33,40,55,57H,2,9-10,14-19,21,23-27H2,3H3,(H,58,65,66)/t31?,32?,33-,40?,52-/m0/s1. The number of fused-ring (bicyclic) bond motifs is 6. The Morgan fingerprint density at radius 2 is 1.82 bits per heavy atom. The van der Waals surface area contributed by atoms with Crippen LogP contribution in [0.2, 0.25) is 0 Å². The summed E-state index contributed by atoms with van der Waals surface area (Å²) in [7, 11) is 1.62. The molecule has 0 aliphatic carbocycles. The van der Waals surface area contributed by atoms with Crippen LogP contribution >= 0.6 is 0 Å². The molecular formula is C52H50F2N10O7. The Morgan fingerprint density at radius 1 is 1.01 bits per heavy atom. The molecule has 2 aromatic heterocycles. The van der Waals surface area contributed by atoms with Gasteiger partial charge in [0, 0.05) is 87.2 Å². The summed E-state index contributed by atoms with van der Waals surface area (Å²) in [5.74, 6) is -0.653. The number of hydrogen-bond donors (Lipinski definition) is 3. The van der Waals surface area contributed by atoms with Gasteiger partial charge >= 0.3 is 12.1 Å². The molecule has 8 heterocycles. The Kier molecular flexibility index (Phi) is 11.6. The van der Waals surface area contributed by atoms with E-state index < -0.39 is 52.9 Å². The molecule has 6 aliphatic heterocycles. The molecule has 11 rings (SSSR count). The van der Waals surface area contributed by atoms with Crippen molar-refractivity contribution in [1.82, 2.24) is 40.3 Å². The Balaban J connectivity index is 0.762. The summed E-state index contributed by atoms with van der Waals surface area (Å²) < 4.78 is 44.6. The predicted molar refractivity (Wildman–Crippen MR) is 258 cm³/mol. The molecule has 0 spiro atoms. The number of nitrogens with zero attached hydrogens (tertiary/aromatic N) is 7. The van der Waals surface area contributed by atoms with Crippen LogP contribution in [0.25, 0.3) is 32.9 Å². The maximum Gasteiger partial charge on any atom is 0.409 e. The van der Waals surface area contributed by atoms with Crippen molar-refractivity contribution in [1.29, 1.82) is 0 Å². The highest BCUT2D eigenvalue weighted by molar-refractivity contribution is 6.23. The van der Waals surface area contributed by atoms with Crippen LogP contribution in [0, 0.1) is 24.0 Å². The number of piperidine rings is 1. The second-order valence-corrected chi connectivity index (χ2v) is 19.4. The van der Waals surface area contributed by atoms with E-state index >= 15 is 8.78 Å². The number of carbonyl (C=O) groups excluding carboxylic acids is 5. The van der Waals surface area contributed by atoms with E-state index in [1.165, 1.54) is 17.0 Å². The number of benzene rings is 3. The number of pyridine rings is 1. The largest absolute Gasteiger partial charge is 0.461 e. The topological polar surface area (TPSA) is 192 Å². The number of anilines is 2. The van der Waals surface area contributed by atoms with Crippen molar-refractivity contribution in [2.45, 2.75) is 74.7 Å². The maximum atomic E-state index is 17.2. The smallest absolute Gasteiger partial charge is 0.409 e. The predicted octanol–water partition coefficient (Wildman–Crippen LogP) is 5.17. The molecule has 364 valence electrons. The van der Waals surface area contributed by atoms with Gasteiger partial charge < -0.3 is 29.9 Å². The number of carbonyl (C=O) groups is 5. The molecule has 5 amide bonds. The first-order valence-electron chi connectivity index (χ1n) is 23.9. The summed E-state index contributed by atoms with van der Waals surface area (Å²) in [5.41, 5.74) is 1.72. The van der Waals surface area contributed by atoms with Crippen LogP contribution in [0.4, 0.5) is 25.1 Å². The molecule has 5 saturated heterocycles. The zero-order valence-electron chi connectivity index (χ0n) is 38.9. The van der Waals surface area contributed by atoms with Crippen LogP contribution in [0.15, 0.2) is 66.9 Å². The van der Waals surface area contributed by atoms with Gasteiger partial charge in [0.2, 0.25) is 11.8 Å². The summed E-state index contributed by atoms with van der Waals surface area (Å²) in [6, 6.07) is 12.2. The van der Waals surface area contributed by atoms with Gasteiger partial charge in [0.05, 0.1) is 27.6 Å². The number of amides is 5. The van der Waals surface area contributed by atoms with E-state index in [-0.39, 0.29) is 84.6 Å². The fraction of sp³-hybridized carbons (Fsp3) is 0.385. The first-order chi connectivity index (χ1) is 34.3. The Labute approximate surface area is 406 Å². The van der Waals surface area contributed by atoms with E-state index in [9.17, 15) is 24.0 Å². The molecule has 6 aliphatic rings. The number of terminal acetylenes is 1. The lowest BCUT2D eigenvalue weighted by Gasteiger charge is -2.35. The monoisotopic (exact) mass is 964 g/mol. The summed E-state index contributed by atoms with van der Waals surface area (Å²) in [4.78, 5) is 84.8. The fourth-order valence-corrected chi connectivity index (χ4v) is 11.4. The van der Waals surface area contributed by atoms with Crippen molar-refractivity contribution < 1.29 is 42.2 Å². The number of halogens is 2. The van der Waals surface area contributed by atoms with E-state index in [1.54, 1.807) is 49.6 Å². The van der Waals surface area contributed by atoms with E-state index in [2.05, 4.69) is 43.2 Å². The average molecular weight is 965 g/mol. The number of likely N-dealkylation sites (N-methyl/N-ethyl adjacent to an activating group) is 1. The lowest BCUT2D eigenvalue weighted by Crippen LogP contribution is -2.54. The minimum Gasteiger partial charge on any atom is -0.461 e. The molecule has 0 saturated carbocycles. The number of aromatic nitrogens is 3. The van der Waals surface area contributed by atoms with E-state index in [0.29, 0.717) is 72.2 Å². The second-order valence-electron chi connectivity index (χ2n) is 19.4. The Hall–Kier alpha value is -7.56. The highest BCUT2D eigenvalue weighted by Gasteiger charge is 2.52. The van der Waals surface area contributed by atoms with Gasteiger partial charge in [0.25, 0.3) is 11.8 Å². The number of piperazine rings is 1. The van der Waals surface area contributed by atoms with E-state index in [1.807, 2.05) is 0 Å². The zero-order valence-corrected chi connectivity index (χ0v) is 38.9. The molecule has 17 nitrogen and oxygen atoms in total. The van der Waals surface area contributed by atoms with E-state index in [0.717, 1.165) is 29.7 Å². The summed E-state index contributed by atoms with van der Waals surface area (Å²) in [6.07, 6.45) is 11.0. The quantitative estimate of drug-likeness (QED) is 0.0844. The zero-order chi connectivity index (χ0) is 49.3. The number of rotatable bonds is 12. The normalized spacial score (nSPS) is 23.8. The molecule has 5 fully saturated rings. The average Bonchev–Trinajstić information content (AvgIpc) is 4.06. The Morgan fingerprint density at radius 3 is 2.61 bits per heavy atom. The number of imide groups is 2. The third kappa shape index (κ3) is 8.14. The second kappa shape index (κ2) is 18.0. The first-order valence-corrected chi connectivity index (χ1v) is 23.9. The molecule has 2 bridgehead atoms. The van der Waals surface area contributed by atoms with Gasteiger partial charge in [-0.15, -0.1) is 6.42 Å². The fourth-order valence-electron chi connectivity index (χ4n) is 11.4.